The van der Waals surface area contributed by atoms with Crippen molar-refractivity contribution in [2.45, 2.75) is 38.6 Å². The monoisotopic (exact) mass is 361 g/mol. The van der Waals surface area contributed by atoms with Crippen LogP contribution in [0.3, 0.4) is 0 Å². The highest BCUT2D eigenvalue weighted by molar-refractivity contribution is 7.13. The van der Waals surface area contributed by atoms with Crippen molar-refractivity contribution in [2.75, 3.05) is 5.32 Å². The first-order valence-corrected chi connectivity index (χ1v) is 9.24. The summed E-state index contributed by atoms with van der Waals surface area (Å²) in [5.74, 6) is -0.349. The van der Waals surface area contributed by atoms with E-state index in [1.165, 1.54) is 23.5 Å². The van der Waals surface area contributed by atoms with Gasteiger partial charge < -0.3 is 10.6 Å². The van der Waals surface area contributed by atoms with Crippen LogP contribution in [0.4, 0.5) is 9.52 Å². The zero-order valence-corrected chi connectivity index (χ0v) is 14.6. The van der Waals surface area contributed by atoms with Crippen molar-refractivity contribution >= 4 is 28.3 Å². The second kappa shape index (κ2) is 8.20. The van der Waals surface area contributed by atoms with Gasteiger partial charge in [0.1, 0.15) is 5.82 Å². The van der Waals surface area contributed by atoms with Crippen LogP contribution in [0, 0.1) is 11.7 Å². The molecule has 0 unspecified atom stereocenters. The Morgan fingerprint density at radius 1 is 1.20 bits per heavy atom. The van der Waals surface area contributed by atoms with Gasteiger partial charge in [0, 0.05) is 17.8 Å². The molecular weight excluding hydrogens is 341 g/mol. The van der Waals surface area contributed by atoms with E-state index in [1.807, 2.05) is 0 Å². The number of carbonyl (C=O) groups is 2. The van der Waals surface area contributed by atoms with Gasteiger partial charge in [-0.05, 0) is 30.5 Å². The fourth-order valence-electron chi connectivity index (χ4n) is 2.87. The third-order valence-electron chi connectivity index (χ3n) is 4.25. The van der Waals surface area contributed by atoms with Crippen LogP contribution in [-0.2, 0) is 22.6 Å². The zero-order valence-electron chi connectivity index (χ0n) is 13.8. The Kier molecular flexibility index (Phi) is 5.75. The highest BCUT2D eigenvalue weighted by atomic mass is 32.1. The molecule has 1 aromatic carbocycles. The predicted octanol–water partition coefficient (Wildman–Crippen LogP) is 3.27. The Morgan fingerprint density at radius 3 is 2.64 bits per heavy atom. The minimum Gasteiger partial charge on any atom is -0.352 e. The second-order valence-corrected chi connectivity index (χ2v) is 7.05. The molecule has 0 aliphatic heterocycles. The maximum absolute atomic E-state index is 12.8. The molecule has 0 radical (unpaired) electrons. The number of hydrogen-bond acceptors (Lipinski definition) is 4. The number of anilines is 1. The second-order valence-electron chi connectivity index (χ2n) is 6.19. The topological polar surface area (TPSA) is 71.1 Å². The van der Waals surface area contributed by atoms with Crippen LogP contribution < -0.4 is 10.6 Å². The Hall–Kier alpha value is -2.28. The van der Waals surface area contributed by atoms with Gasteiger partial charge in [-0.2, -0.15) is 0 Å². The molecule has 25 heavy (non-hydrogen) atoms. The molecule has 1 aliphatic rings. The lowest BCUT2D eigenvalue weighted by Gasteiger charge is -2.07. The van der Waals surface area contributed by atoms with E-state index < -0.39 is 0 Å². The number of rotatable bonds is 6. The molecule has 0 bridgehead atoms. The summed E-state index contributed by atoms with van der Waals surface area (Å²) in [5.41, 5.74) is 1.46. The average Bonchev–Trinajstić information content (AvgIpc) is 3.26. The predicted molar refractivity (Wildman–Crippen MR) is 94.7 cm³/mol. The molecular formula is C18H20FN3O2S. The molecule has 0 spiro atoms. The van der Waals surface area contributed by atoms with E-state index in [9.17, 15) is 14.0 Å². The van der Waals surface area contributed by atoms with E-state index in [2.05, 4.69) is 15.6 Å². The molecule has 0 atom stereocenters. The Balaban J connectivity index is 1.46. The SMILES string of the molecule is O=C(Cc1csc(NC(=O)C2CCCC2)n1)NCc1ccc(F)cc1. The minimum absolute atomic E-state index is 0.0270. The van der Waals surface area contributed by atoms with Crippen LogP contribution in [0.5, 0.6) is 0 Å². The molecule has 7 heteroatoms. The summed E-state index contributed by atoms with van der Waals surface area (Å²) >= 11 is 1.33. The van der Waals surface area contributed by atoms with Crippen molar-refractivity contribution < 1.29 is 14.0 Å². The first-order valence-electron chi connectivity index (χ1n) is 8.36. The van der Waals surface area contributed by atoms with Gasteiger partial charge in [0.25, 0.3) is 0 Å². The maximum Gasteiger partial charge on any atom is 0.229 e. The summed E-state index contributed by atoms with van der Waals surface area (Å²) < 4.78 is 12.8. The summed E-state index contributed by atoms with van der Waals surface area (Å²) in [6, 6.07) is 5.99. The molecule has 5 nitrogen and oxygen atoms in total. The quantitative estimate of drug-likeness (QED) is 0.829. The van der Waals surface area contributed by atoms with Crippen LogP contribution in [0.1, 0.15) is 36.9 Å². The first-order chi connectivity index (χ1) is 12.1. The van der Waals surface area contributed by atoms with Crippen LogP contribution in [0.2, 0.25) is 0 Å². The smallest absolute Gasteiger partial charge is 0.229 e. The zero-order chi connectivity index (χ0) is 17.6. The molecule has 2 amide bonds. The average molecular weight is 361 g/mol. The molecule has 2 N–H and O–H groups in total. The number of hydrogen-bond donors (Lipinski definition) is 2. The number of nitrogens with zero attached hydrogens (tertiary/aromatic N) is 1. The molecule has 1 heterocycles. The molecule has 1 saturated carbocycles. The van der Waals surface area contributed by atoms with Crippen molar-refractivity contribution in [1.82, 2.24) is 10.3 Å². The van der Waals surface area contributed by atoms with E-state index in [-0.39, 0.29) is 30.0 Å². The van der Waals surface area contributed by atoms with Crippen molar-refractivity contribution in [1.29, 1.82) is 0 Å². The van der Waals surface area contributed by atoms with Crippen LogP contribution >= 0.6 is 11.3 Å². The molecule has 3 rings (SSSR count). The van der Waals surface area contributed by atoms with E-state index >= 15 is 0 Å². The minimum atomic E-state index is -0.301. The number of thiazole rings is 1. The van der Waals surface area contributed by atoms with Crippen LogP contribution in [0.15, 0.2) is 29.6 Å². The summed E-state index contributed by atoms with van der Waals surface area (Å²) in [5, 5.41) is 7.94. The van der Waals surface area contributed by atoms with E-state index in [4.69, 9.17) is 0 Å². The molecule has 0 saturated heterocycles. The molecule has 132 valence electrons. The molecule has 1 aliphatic carbocycles. The summed E-state index contributed by atoms with van der Waals surface area (Å²) in [7, 11) is 0. The van der Waals surface area contributed by atoms with Gasteiger partial charge in [-0.25, -0.2) is 9.37 Å². The third kappa shape index (κ3) is 5.09. The van der Waals surface area contributed by atoms with Crippen LogP contribution in [0.25, 0.3) is 0 Å². The Morgan fingerprint density at radius 2 is 1.92 bits per heavy atom. The molecule has 1 aromatic heterocycles. The summed E-state index contributed by atoms with van der Waals surface area (Å²) in [6.45, 7) is 0.342. The van der Waals surface area contributed by atoms with Gasteiger partial charge >= 0.3 is 0 Å². The van der Waals surface area contributed by atoms with Crippen molar-refractivity contribution in [3.05, 3.63) is 46.7 Å². The van der Waals surface area contributed by atoms with Crippen molar-refractivity contribution in [3.63, 3.8) is 0 Å². The Bertz CT molecular complexity index is 739. The van der Waals surface area contributed by atoms with Crippen molar-refractivity contribution in [2.24, 2.45) is 5.92 Å². The standard InChI is InChI=1S/C18H20FN3O2S/c19-14-7-5-12(6-8-14)10-20-16(23)9-15-11-25-18(21-15)22-17(24)13-3-1-2-4-13/h5-8,11,13H,1-4,9-10H2,(H,20,23)(H,21,22,24). The highest BCUT2D eigenvalue weighted by Crippen LogP contribution is 2.26. The van der Waals surface area contributed by atoms with Crippen molar-refractivity contribution in [3.8, 4) is 0 Å². The Labute approximate surface area is 149 Å². The molecule has 1 fully saturated rings. The third-order valence-corrected chi connectivity index (χ3v) is 5.06. The van der Waals surface area contributed by atoms with Gasteiger partial charge in [-0.15, -0.1) is 11.3 Å². The highest BCUT2D eigenvalue weighted by Gasteiger charge is 2.23. The van der Waals surface area contributed by atoms with Gasteiger partial charge in [0.05, 0.1) is 12.1 Å². The van der Waals surface area contributed by atoms with Gasteiger partial charge in [-0.3, -0.25) is 9.59 Å². The lowest BCUT2D eigenvalue weighted by Crippen LogP contribution is -2.24. The summed E-state index contributed by atoms with van der Waals surface area (Å²) in [4.78, 5) is 28.4. The number of halogens is 1. The van der Waals surface area contributed by atoms with E-state index in [0.29, 0.717) is 17.4 Å². The fraction of sp³-hybridized carbons (Fsp3) is 0.389. The maximum atomic E-state index is 12.8. The first kappa shape index (κ1) is 17.5. The number of amides is 2. The number of aromatic nitrogens is 1. The van der Waals surface area contributed by atoms with Crippen LogP contribution in [-0.4, -0.2) is 16.8 Å². The number of benzene rings is 1. The van der Waals surface area contributed by atoms with Gasteiger partial charge in [0.15, 0.2) is 5.13 Å². The largest absolute Gasteiger partial charge is 0.352 e. The van der Waals surface area contributed by atoms with Gasteiger partial charge in [0.2, 0.25) is 11.8 Å². The lowest BCUT2D eigenvalue weighted by molar-refractivity contribution is -0.121. The van der Waals surface area contributed by atoms with E-state index in [1.54, 1.807) is 17.5 Å². The number of nitrogens with one attached hydrogen (secondary N) is 2. The fourth-order valence-corrected chi connectivity index (χ4v) is 3.58. The molecule has 2 aromatic rings. The number of carbonyl (C=O) groups excluding carboxylic acids is 2. The van der Waals surface area contributed by atoms with E-state index in [0.717, 1.165) is 31.2 Å². The normalized spacial score (nSPS) is 14.4. The lowest BCUT2D eigenvalue weighted by atomic mass is 10.1. The van der Waals surface area contributed by atoms with Gasteiger partial charge in [-0.1, -0.05) is 25.0 Å². The summed E-state index contributed by atoms with van der Waals surface area (Å²) in [6.07, 6.45) is 4.24.